The van der Waals surface area contributed by atoms with E-state index in [-0.39, 0.29) is 26.3 Å². The molecule has 52 heavy (non-hydrogen) atoms. The number of nitrogens with zero attached hydrogens (tertiary/aromatic N) is 1. The highest BCUT2D eigenvalue weighted by Crippen LogP contribution is 2.59. The fourth-order valence-corrected chi connectivity index (χ4v) is 13.0. The molecule has 0 amide bonds. The molecule has 3 unspecified atom stereocenters. The molecule has 3 atom stereocenters. The van der Waals surface area contributed by atoms with Gasteiger partial charge in [-0.1, -0.05) is 109 Å². The smallest absolute Gasteiger partial charge is 0.411 e. The molecule has 9 nitrogen and oxygen atoms in total. The Bertz CT molecular complexity index is 2390. The van der Waals surface area contributed by atoms with Gasteiger partial charge in [0.05, 0.1) is 29.1 Å². The molecule has 0 bridgehead atoms. The van der Waals surface area contributed by atoms with Gasteiger partial charge in [-0.2, -0.15) is 0 Å². The number of benzene rings is 6. The molecule has 0 fully saturated rings. The van der Waals surface area contributed by atoms with Crippen LogP contribution in [0.2, 0.25) is 0 Å². The maximum absolute atomic E-state index is 15.4. The quantitative estimate of drug-likeness (QED) is 0.134. The van der Waals surface area contributed by atoms with E-state index in [2.05, 4.69) is 0 Å². The fraction of sp³-hybridized carbons (Fsp3) is 0.100. The van der Waals surface area contributed by atoms with Crippen LogP contribution < -0.4 is 29.5 Å². The first kappa shape index (κ1) is 33.1. The van der Waals surface area contributed by atoms with Crippen molar-refractivity contribution in [3.8, 4) is 50.6 Å². The Morgan fingerprint density at radius 3 is 1.17 bits per heavy atom. The maximum atomic E-state index is 15.4. The van der Waals surface area contributed by atoms with Crippen molar-refractivity contribution >= 4 is 38.6 Å². The number of hydrogen-bond acceptors (Lipinski definition) is 8. The lowest BCUT2D eigenvalue weighted by Gasteiger charge is -2.36. The number of fused-ring (bicyclic) bond motifs is 9. The Morgan fingerprint density at radius 1 is 0.404 bits per heavy atom. The normalized spacial score (nSPS) is 21.9. The van der Waals surface area contributed by atoms with Gasteiger partial charge in [-0.25, -0.2) is 13.8 Å². The summed E-state index contributed by atoms with van der Waals surface area (Å²) in [5.41, 5.74) is 4.79. The van der Waals surface area contributed by atoms with E-state index in [1.165, 1.54) is 0 Å². The molecule has 3 aliphatic heterocycles. The molecule has 0 saturated carbocycles. The summed E-state index contributed by atoms with van der Waals surface area (Å²) >= 11 is 0. The highest BCUT2D eigenvalue weighted by atomic mass is 31.2. The van der Waals surface area contributed by atoms with E-state index in [1.54, 1.807) is 53.2 Å². The van der Waals surface area contributed by atoms with Crippen molar-refractivity contribution in [2.75, 3.05) is 26.3 Å². The van der Waals surface area contributed by atoms with Crippen LogP contribution >= 0.6 is 22.7 Å². The maximum Gasteiger partial charge on any atom is 0.411 e. The molecule has 6 aromatic carbocycles. The van der Waals surface area contributed by atoms with E-state index < -0.39 is 22.7 Å². The summed E-state index contributed by atoms with van der Waals surface area (Å²) in [5, 5.41) is 1.41. The van der Waals surface area contributed by atoms with Crippen LogP contribution in [0.5, 0.6) is 17.2 Å². The topological polar surface area (TPSA) is 101 Å². The Morgan fingerprint density at radius 2 is 0.731 bits per heavy atom. The molecule has 3 aliphatic rings. The van der Waals surface area contributed by atoms with E-state index in [4.69, 9.17) is 22.6 Å². The lowest BCUT2D eigenvalue weighted by atomic mass is 10.0. The second-order valence-electron chi connectivity index (χ2n) is 12.4. The van der Waals surface area contributed by atoms with Crippen LogP contribution in [0.25, 0.3) is 33.4 Å². The molecule has 0 saturated heterocycles. The minimum Gasteiger partial charge on any atom is -0.429 e. The molecule has 260 valence electrons. The van der Waals surface area contributed by atoms with Gasteiger partial charge in [-0.15, -0.1) is 0 Å². The molecule has 3 heterocycles. The van der Waals surface area contributed by atoms with Crippen LogP contribution in [0.4, 0.5) is 0 Å². The predicted molar refractivity (Wildman–Crippen MR) is 203 cm³/mol. The third kappa shape index (κ3) is 5.57. The molecular formula is C40H32NO8P3. The molecule has 0 aromatic heterocycles. The zero-order valence-electron chi connectivity index (χ0n) is 27.7. The summed E-state index contributed by atoms with van der Waals surface area (Å²) < 4.78 is 76.8. The zero-order chi connectivity index (χ0) is 35.3. The van der Waals surface area contributed by atoms with Gasteiger partial charge in [0.2, 0.25) is 0 Å². The van der Waals surface area contributed by atoms with Gasteiger partial charge in [0.25, 0.3) is 0 Å². The van der Waals surface area contributed by atoms with E-state index in [1.807, 2.05) is 97.1 Å². The Labute approximate surface area is 301 Å². The van der Waals surface area contributed by atoms with Crippen LogP contribution in [0.15, 0.2) is 146 Å². The summed E-state index contributed by atoms with van der Waals surface area (Å²) in [5.74, 6) is 1.39. The van der Waals surface area contributed by atoms with Crippen molar-refractivity contribution in [2.45, 2.75) is 0 Å². The van der Waals surface area contributed by atoms with Gasteiger partial charge < -0.3 is 13.6 Å². The Balaban J connectivity index is 1.03. The first-order chi connectivity index (χ1) is 25.4. The van der Waals surface area contributed by atoms with Gasteiger partial charge in [0.1, 0.15) is 17.2 Å². The lowest BCUT2D eigenvalue weighted by molar-refractivity contribution is 0.210. The number of para-hydroxylation sites is 3. The highest BCUT2D eigenvalue weighted by molar-refractivity contribution is 7.65. The summed E-state index contributed by atoms with van der Waals surface area (Å²) in [6.45, 7) is -0.234. The van der Waals surface area contributed by atoms with Crippen molar-refractivity contribution in [1.29, 1.82) is 0 Å². The Kier molecular flexibility index (Phi) is 8.32. The first-order valence-electron chi connectivity index (χ1n) is 16.9. The second-order valence-corrected chi connectivity index (χ2v) is 18.6. The summed E-state index contributed by atoms with van der Waals surface area (Å²) in [6, 6.07) is 44.3. The van der Waals surface area contributed by atoms with Crippen molar-refractivity contribution in [3.63, 3.8) is 0 Å². The van der Waals surface area contributed by atoms with Crippen molar-refractivity contribution in [3.05, 3.63) is 146 Å². The number of rotatable bonds is 9. The second kappa shape index (κ2) is 13.1. The number of hydrogen-bond donors (Lipinski definition) is 0. The molecule has 9 rings (SSSR count). The molecule has 0 radical (unpaired) electrons. The van der Waals surface area contributed by atoms with Crippen LogP contribution in [0.3, 0.4) is 0 Å². The van der Waals surface area contributed by atoms with Crippen LogP contribution in [0, 0.1) is 0 Å². The van der Waals surface area contributed by atoms with Gasteiger partial charge in [0, 0.05) is 46.5 Å². The van der Waals surface area contributed by atoms with Crippen LogP contribution in [-0.2, 0) is 22.7 Å². The average Bonchev–Trinajstić information content (AvgIpc) is 3.18. The van der Waals surface area contributed by atoms with Crippen molar-refractivity contribution in [1.82, 2.24) is 4.67 Å². The van der Waals surface area contributed by atoms with Crippen molar-refractivity contribution in [2.24, 2.45) is 0 Å². The van der Waals surface area contributed by atoms with Gasteiger partial charge in [-0.05, 0) is 36.4 Å². The average molecular weight is 748 g/mol. The van der Waals surface area contributed by atoms with E-state index >= 15 is 4.57 Å². The SMILES string of the molecule is O=P1(OCCN(CCOP2(=O)Oc3ccccc3-c3ccccc32)P2(=O)Oc3ccccc3-c3ccccc32)Oc2ccccc2-c2ccccc21. The minimum absolute atomic E-state index is 0.0128. The molecule has 12 heteroatoms. The highest BCUT2D eigenvalue weighted by Gasteiger charge is 2.44. The van der Waals surface area contributed by atoms with E-state index in [0.717, 1.165) is 33.4 Å². The van der Waals surface area contributed by atoms with Gasteiger partial charge >= 0.3 is 22.7 Å². The molecular weight excluding hydrogens is 715 g/mol. The fourth-order valence-electron chi connectivity index (χ4n) is 6.98. The molecule has 0 spiro atoms. The molecule has 0 aliphatic carbocycles. The van der Waals surface area contributed by atoms with Crippen LogP contribution in [-0.4, -0.2) is 31.0 Å². The molecule has 0 N–H and O–H groups in total. The van der Waals surface area contributed by atoms with Gasteiger partial charge in [-0.3, -0.25) is 13.6 Å². The summed E-state index contributed by atoms with van der Waals surface area (Å²) in [7, 11) is -11.6. The third-order valence-electron chi connectivity index (χ3n) is 9.39. The van der Waals surface area contributed by atoms with E-state index in [0.29, 0.717) is 33.2 Å². The van der Waals surface area contributed by atoms with E-state index in [9.17, 15) is 9.13 Å². The van der Waals surface area contributed by atoms with Crippen LogP contribution in [0.1, 0.15) is 0 Å². The monoisotopic (exact) mass is 747 g/mol. The third-order valence-corrected chi connectivity index (χ3v) is 15.9. The standard InChI is InChI=1S/C40H32NO8P3/c42-50(38-22-10-4-16-32(38)29-13-1-7-19-35(29)47-50)41(25-27-45-51(43)39-23-11-5-17-33(39)30-14-2-8-20-36(30)48-51)26-28-46-52(44)40-24-12-6-18-34(40)31-15-3-9-21-37(31)49-52/h1-24H,25-28H2. The summed E-state index contributed by atoms with van der Waals surface area (Å²) in [6.07, 6.45) is 0. The largest absolute Gasteiger partial charge is 0.429 e. The predicted octanol–water partition coefficient (Wildman–Crippen LogP) is 9.06. The zero-order valence-corrected chi connectivity index (χ0v) is 30.4. The minimum atomic E-state index is -3.86. The summed E-state index contributed by atoms with van der Waals surface area (Å²) in [4.78, 5) is 0. The first-order valence-corrected chi connectivity index (χ1v) is 21.5. The molecule has 6 aromatic rings. The van der Waals surface area contributed by atoms with Crippen molar-refractivity contribution < 1.29 is 36.3 Å². The lowest BCUT2D eigenvalue weighted by Crippen LogP contribution is -2.36. The van der Waals surface area contributed by atoms with Gasteiger partial charge in [0.15, 0.2) is 0 Å². The Hall–Kier alpha value is -4.71.